The predicted molar refractivity (Wildman–Crippen MR) is 106 cm³/mol. The second-order valence-corrected chi connectivity index (χ2v) is 10.2. The zero-order valence-electron chi connectivity index (χ0n) is 15.1. The fourth-order valence-electron chi connectivity index (χ4n) is 2.31. The van der Waals surface area contributed by atoms with Gasteiger partial charge in [0, 0.05) is 16.2 Å². The third-order valence-corrected chi connectivity index (χ3v) is 6.52. The van der Waals surface area contributed by atoms with Crippen LogP contribution in [0, 0.1) is 6.92 Å². The fraction of sp³-hybridized carbons (Fsp3) is 0.421. The first-order valence-electron chi connectivity index (χ1n) is 8.23. The largest absolute Gasteiger partial charge is 0.593 e. The van der Waals surface area contributed by atoms with Gasteiger partial charge in [-0.05, 0) is 51.3 Å². The van der Waals surface area contributed by atoms with E-state index in [1.165, 1.54) is 11.1 Å². The van der Waals surface area contributed by atoms with Crippen LogP contribution in [0.2, 0.25) is 0 Å². The van der Waals surface area contributed by atoms with Gasteiger partial charge in [-0.1, -0.05) is 24.3 Å². The second-order valence-electron chi connectivity index (χ2n) is 7.03. The Bertz CT molecular complexity index is 735. The smallest absolute Gasteiger partial charge is 0.303 e. The molecule has 2 N–H and O–H groups in total. The number of benzene rings is 1. The molecule has 0 aliphatic carbocycles. The lowest BCUT2D eigenvalue weighted by Gasteiger charge is -2.24. The zero-order chi connectivity index (χ0) is 18.6. The van der Waals surface area contributed by atoms with E-state index in [0.29, 0.717) is 6.42 Å². The molecule has 1 aromatic heterocycles. The summed E-state index contributed by atoms with van der Waals surface area (Å²) in [4.78, 5) is 13.0. The van der Waals surface area contributed by atoms with Gasteiger partial charge in [0.1, 0.15) is 4.75 Å². The van der Waals surface area contributed by atoms with Gasteiger partial charge in [0.25, 0.3) is 0 Å². The Balaban J connectivity index is 2.25. The highest BCUT2D eigenvalue weighted by atomic mass is 32.2. The van der Waals surface area contributed by atoms with Gasteiger partial charge in [-0.25, -0.2) is 4.72 Å². The van der Waals surface area contributed by atoms with Crippen molar-refractivity contribution >= 4 is 34.4 Å². The van der Waals surface area contributed by atoms with Crippen molar-refractivity contribution in [1.29, 1.82) is 0 Å². The number of thiophene rings is 1. The lowest BCUT2D eigenvalue weighted by molar-refractivity contribution is -0.136. The van der Waals surface area contributed by atoms with Crippen LogP contribution in [-0.4, -0.2) is 20.4 Å². The zero-order valence-corrected chi connectivity index (χ0v) is 16.7. The summed E-state index contributed by atoms with van der Waals surface area (Å²) in [6.45, 7) is 7.82. The molecule has 0 aliphatic heterocycles. The molecule has 0 spiro atoms. The minimum absolute atomic E-state index is 0.0706. The van der Waals surface area contributed by atoms with E-state index in [1.807, 2.05) is 39.0 Å². The van der Waals surface area contributed by atoms with Crippen molar-refractivity contribution in [2.75, 3.05) is 4.72 Å². The number of hydrogen-bond donors (Lipinski definition) is 2. The van der Waals surface area contributed by atoms with Crippen LogP contribution >= 0.6 is 11.3 Å². The Morgan fingerprint density at radius 3 is 2.60 bits per heavy atom. The van der Waals surface area contributed by atoms with E-state index in [2.05, 4.69) is 23.8 Å². The molecular formula is C19H25NO3S2. The summed E-state index contributed by atoms with van der Waals surface area (Å²) in [6.07, 6.45) is 1.31. The highest BCUT2D eigenvalue weighted by molar-refractivity contribution is 7.94. The number of carboxylic acid groups (broad SMARTS) is 1. The SMILES string of the molecule is Cc1ccccc1Cc1cc(N[S+]([O-])C(C)(C)C)c(CCC(=O)O)s1. The summed E-state index contributed by atoms with van der Waals surface area (Å²) in [5, 5.41) is 8.98. The molecule has 2 rings (SSSR count). The first-order chi connectivity index (χ1) is 11.7. The number of carboxylic acids is 1. The van der Waals surface area contributed by atoms with Crippen molar-refractivity contribution in [3.05, 3.63) is 51.2 Å². The third-order valence-electron chi connectivity index (χ3n) is 3.81. The van der Waals surface area contributed by atoms with Gasteiger partial charge in [0.05, 0.1) is 23.5 Å². The summed E-state index contributed by atoms with van der Waals surface area (Å²) in [7, 11) is 0. The molecule has 2 aromatic rings. The van der Waals surface area contributed by atoms with E-state index in [4.69, 9.17) is 5.11 Å². The van der Waals surface area contributed by atoms with E-state index in [1.54, 1.807) is 11.3 Å². The highest BCUT2D eigenvalue weighted by Crippen LogP contribution is 2.33. The van der Waals surface area contributed by atoms with Crippen LogP contribution in [0.5, 0.6) is 0 Å². The topological polar surface area (TPSA) is 72.4 Å². The van der Waals surface area contributed by atoms with Gasteiger partial charge in [-0.15, -0.1) is 11.3 Å². The molecule has 0 fully saturated rings. The Kier molecular flexibility index (Phi) is 6.54. The van der Waals surface area contributed by atoms with Crippen molar-refractivity contribution in [1.82, 2.24) is 0 Å². The second kappa shape index (κ2) is 8.25. The number of aliphatic carboxylic acids is 1. The quantitative estimate of drug-likeness (QED) is 0.693. The Hall–Kier alpha value is -1.50. The standard InChI is InChI=1S/C19H25NO3S2/c1-13-7-5-6-8-14(13)11-15-12-16(20-25(23)19(2,3)4)17(24-15)9-10-18(21)22/h5-8,12,20H,9-11H2,1-4H3,(H,21,22). The van der Waals surface area contributed by atoms with Crippen LogP contribution in [-0.2, 0) is 29.0 Å². The molecule has 6 heteroatoms. The normalized spacial score (nSPS) is 12.8. The third kappa shape index (κ3) is 5.76. The van der Waals surface area contributed by atoms with Crippen LogP contribution in [0.3, 0.4) is 0 Å². The first kappa shape index (κ1) is 19.8. The molecular weight excluding hydrogens is 354 g/mol. The molecule has 1 unspecified atom stereocenters. The molecule has 1 atom stereocenters. The first-order valence-corrected chi connectivity index (χ1v) is 10.2. The van der Waals surface area contributed by atoms with Gasteiger partial charge in [0.2, 0.25) is 0 Å². The molecule has 1 aromatic carbocycles. The monoisotopic (exact) mass is 379 g/mol. The van der Waals surface area contributed by atoms with Crippen LogP contribution in [0.25, 0.3) is 0 Å². The highest BCUT2D eigenvalue weighted by Gasteiger charge is 2.28. The maximum atomic E-state index is 12.4. The molecule has 4 nitrogen and oxygen atoms in total. The number of hydrogen-bond acceptors (Lipinski definition) is 4. The lowest BCUT2D eigenvalue weighted by atomic mass is 10.1. The summed E-state index contributed by atoms with van der Waals surface area (Å²) in [6, 6.07) is 10.2. The lowest BCUT2D eigenvalue weighted by Crippen LogP contribution is -2.33. The Morgan fingerprint density at radius 1 is 1.32 bits per heavy atom. The molecule has 25 heavy (non-hydrogen) atoms. The summed E-state index contributed by atoms with van der Waals surface area (Å²) < 4.78 is 15.1. The Labute approximate surface area is 156 Å². The molecule has 0 aliphatic rings. The minimum atomic E-state index is -1.24. The van der Waals surface area contributed by atoms with Crippen molar-refractivity contribution in [2.24, 2.45) is 0 Å². The average molecular weight is 380 g/mol. The number of anilines is 1. The van der Waals surface area contributed by atoms with Crippen molar-refractivity contribution in [3.63, 3.8) is 0 Å². The van der Waals surface area contributed by atoms with Crippen LogP contribution < -0.4 is 4.72 Å². The molecule has 0 saturated heterocycles. The number of rotatable bonds is 7. The summed E-state index contributed by atoms with van der Waals surface area (Å²) >= 11 is 0.356. The van der Waals surface area contributed by atoms with E-state index >= 15 is 0 Å². The number of carbonyl (C=O) groups is 1. The molecule has 136 valence electrons. The fourth-order valence-corrected chi connectivity index (χ4v) is 4.21. The van der Waals surface area contributed by atoms with E-state index in [0.717, 1.165) is 21.9 Å². The number of nitrogens with one attached hydrogen (secondary N) is 1. The maximum absolute atomic E-state index is 12.4. The molecule has 0 amide bonds. The molecule has 0 radical (unpaired) electrons. The van der Waals surface area contributed by atoms with Crippen LogP contribution in [0.1, 0.15) is 48.1 Å². The van der Waals surface area contributed by atoms with Gasteiger partial charge < -0.3 is 9.66 Å². The van der Waals surface area contributed by atoms with Gasteiger partial charge in [-0.2, -0.15) is 0 Å². The molecule has 1 heterocycles. The van der Waals surface area contributed by atoms with E-state index in [-0.39, 0.29) is 11.2 Å². The van der Waals surface area contributed by atoms with Gasteiger partial charge >= 0.3 is 5.97 Å². The molecule has 0 bridgehead atoms. The van der Waals surface area contributed by atoms with Crippen molar-refractivity contribution in [2.45, 2.75) is 51.7 Å². The van der Waals surface area contributed by atoms with Gasteiger partial charge in [-0.3, -0.25) is 4.79 Å². The van der Waals surface area contributed by atoms with Crippen molar-refractivity contribution in [3.8, 4) is 0 Å². The van der Waals surface area contributed by atoms with E-state index < -0.39 is 17.3 Å². The summed E-state index contributed by atoms with van der Waals surface area (Å²) in [5.74, 6) is -0.822. The minimum Gasteiger partial charge on any atom is -0.593 e. The predicted octanol–water partition coefficient (Wildman–Crippen LogP) is 4.54. The van der Waals surface area contributed by atoms with Crippen LogP contribution in [0.4, 0.5) is 5.69 Å². The Morgan fingerprint density at radius 2 is 2.00 bits per heavy atom. The van der Waals surface area contributed by atoms with Crippen molar-refractivity contribution < 1.29 is 14.5 Å². The van der Waals surface area contributed by atoms with Crippen LogP contribution in [0.15, 0.2) is 30.3 Å². The number of aryl methyl sites for hydroxylation is 2. The average Bonchev–Trinajstić information content (AvgIpc) is 2.88. The molecule has 0 saturated carbocycles. The maximum Gasteiger partial charge on any atom is 0.303 e. The van der Waals surface area contributed by atoms with E-state index in [9.17, 15) is 9.35 Å². The summed E-state index contributed by atoms with van der Waals surface area (Å²) in [5.41, 5.74) is 3.27. The van der Waals surface area contributed by atoms with Gasteiger partial charge in [0.15, 0.2) is 0 Å².